The van der Waals surface area contributed by atoms with E-state index in [-0.39, 0.29) is 18.1 Å². The van der Waals surface area contributed by atoms with Crippen molar-refractivity contribution in [1.82, 2.24) is 10.3 Å². The first-order valence-electron chi connectivity index (χ1n) is 12.0. The zero-order valence-electron chi connectivity index (χ0n) is 19.9. The quantitative estimate of drug-likeness (QED) is 0.416. The molecule has 1 heterocycles. The molecule has 1 fully saturated rings. The van der Waals surface area contributed by atoms with Gasteiger partial charge >= 0.3 is 6.03 Å². The lowest BCUT2D eigenvalue weighted by Crippen LogP contribution is -2.28. The molecule has 6 nitrogen and oxygen atoms in total. The molecular weight excluding hydrogens is 426 g/mol. The molecule has 2 amide bonds. The van der Waals surface area contributed by atoms with E-state index in [4.69, 9.17) is 9.47 Å². The van der Waals surface area contributed by atoms with Crippen molar-refractivity contribution in [2.75, 3.05) is 19.0 Å². The first-order valence-corrected chi connectivity index (χ1v) is 12.0. The predicted molar refractivity (Wildman–Crippen MR) is 135 cm³/mol. The SMILES string of the molecule is CCNC(=O)Nc1ccc([C@@H](Cc2ccncc2)c2ccc(OC)c(OC3CCCC3)c2)cc1. The average Bonchev–Trinajstić information content (AvgIpc) is 3.37. The molecule has 1 atom stereocenters. The van der Waals surface area contributed by atoms with E-state index in [9.17, 15) is 4.79 Å². The highest BCUT2D eigenvalue weighted by molar-refractivity contribution is 5.89. The number of anilines is 1. The number of ether oxygens (including phenoxy) is 2. The van der Waals surface area contributed by atoms with E-state index in [1.807, 2.05) is 37.5 Å². The third-order valence-electron chi connectivity index (χ3n) is 6.28. The van der Waals surface area contributed by atoms with Crippen LogP contribution in [-0.2, 0) is 6.42 Å². The number of amides is 2. The summed E-state index contributed by atoms with van der Waals surface area (Å²) in [5.74, 6) is 1.68. The van der Waals surface area contributed by atoms with Gasteiger partial charge in [-0.25, -0.2) is 4.79 Å². The second-order valence-electron chi connectivity index (χ2n) is 8.65. The summed E-state index contributed by atoms with van der Waals surface area (Å²) in [4.78, 5) is 16.0. The average molecular weight is 460 g/mol. The van der Waals surface area contributed by atoms with Gasteiger partial charge in [-0.2, -0.15) is 0 Å². The van der Waals surface area contributed by atoms with Crippen LogP contribution in [0.1, 0.15) is 55.2 Å². The third-order valence-corrected chi connectivity index (χ3v) is 6.28. The van der Waals surface area contributed by atoms with Crippen molar-refractivity contribution in [3.63, 3.8) is 0 Å². The van der Waals surface area contributed by atoms with E-state index in [2.05, 4.69) is 52.0 Å². The molecule has 6 heteroatoms. The van der Waals surface area contributed by atoms with Crippen molar-refractivity contribution in [1.29, 1.82) is 0 Å². The van der Waals surface area contributed by atoms with Crippen molar-refractivity contribution >= 4 is 11.7 Å². The van der Waals surface area contributed by atoms with E-state index in [1.54, 1.807) is 7.11 Å². The molecule has 0 spiro atoms. The van der Waals surface area contributed by atoms with Crippen LogP contribution in [0.4, 0.5) is 10.5 Å². The molecule has 1 aromatic heterocycles. The molecule has 4 rings (SSSR count). The van der Waals surface area contributed by atoms with E-state index in [0.29, 0.717) is 6.54 Å². The number of hydrogen-bond acceptors (Lipinski definition) is 4. The molecule has 2 N–H and O–H groups in total. The molecule has 0 aliphatic heterocycles. The Morgan fingerprint density at radius 1 is 1.00 bits per heavy atom. The van der Waals surface area contributed by atoms with Gasteiger partial charge in [0.05, 0.1) is 13.2 Å². The fourth-order valence-corrected chi connectivity index (χ4v) is 4.51. The van der Waals surface area contributed by atoms with Gasteiger partial charge in [-0.15, -0.1) is 0 Å². The molecule has 0 saturated heterocycles. The van der Waals surface area contributed by atoms with Gasteiger partial charge in [0, 0.05) is 30.5 Å². The molecule has 3 aromatic rings. The molecule has 1 saturated carbocycles. The summed E-state index contributed by atoms with van der Waals surface area (Å²) in [5.41, 5.74) is 4.29. The van der Waals surface area contributed by atoms with Crippen LogP contribution in [0.2, 0.25) is 0 Å². The van der Waals surface area contributed by atoms with E-state index in [1.165, 1.54) is 18.4 Å². The highest BCUT2D eigenvalue weighted by atomic mass is 16.5. The Kier molecular flexibility index (Phi) is 8.02. The number of nitrogens with zero attached hydrogens (tertiary/aromatic N) is 1. The molecule has 178 valence electrons. The summed E-state index contributed by atoms with van der Waals surface area (Å²) in [6.45, 7) is 2.48. The first-order chi connectivity index (χ1) is 16.7. The number of benzene rings is 2. The van der Waals surface area contributed by atoms with E-state index in [0.717, 1.165) is 47.6 Å². The molecule has 1 aliphatic rings. The summed E-state index contributed by atoms with van der Waals surface area (Å²) in [7, 11) is 1.69. The van der Waals surface area contributed by atoms with Crippen molar-refractivity contribution in [2.24, 2.45) is 0 Å². The molecule has 34 heavy (non-hydrogen) atoms. The molecular formula is C28H33N3O3. The van der Waals surface area contributed by atoms with Gasteiger partial charge in [0.25, 0.3) is 0 Å². The maximum atomic E-state index is 11.9. The summed E-state index contributed by atoms with van der Waals surface area (Å²) in [5, 5.41) is 5.62. The third kappa shape index (κ3) is 6.07. The van der Waals surface area contributed by atoms with Crippen LogP contribution in [-0.4, -0.2) is 30.8 Å². The van der Waals surface area contributed by atoms with Crippen LogP contribution in [0.15, 0.2) is 67.0 Å². The smallest absolute Gasteiger partial charge is 0.319 e. The summed E-state index contributed by atoms with van der Waals surface area (Å²) >= 11 is 0. The largest absolute Gasteiger partial charge is 0.493 e. The standard InChI is InChI=1S/C28H33N3O3/c1-3-30-28(32)31-23-11-8-21(9-12-23)25(18-20-14-16-29-17-15-20)22-10-13-26(33-2)27(19-22)34-24-6-4-5-7-24/h8-17,19,24-25H,3-7,18H2,1-2H3,(H2,30,31,32)/t25-/m1/s1. The lowest BCUT2D eigenvalue weighted by molar-refractivity contribution is 0.200. The Hall–Kier alpha value is -3.54. The summed E-state index contributed by atoms with van der Waals surface area (Å²) in [6.07, 6.45) is 9.34. The highest BCUT2D eigenvalue weighted by Gasteiger charge is 2.21. The van der Waals surface area contributed by atoms with Gasteiger partial charge < -0.3 is 20.1 Å². The summed E-state index contributed by atoms with van der Waals surface area (Å²) in [6, 6.07) is 18.2. The fraction of sp³-hybridized carbons (Fsp3) is 0.357. The maximum Gasteiger partial charge on any atom is 0.319 e. The first kappa shape index (κ1) is 23.6. The van der Waals surface area contributed by atoms with Crippen molar-refractivity contribution in [3.05, 3.63) is 83.7 Å². The van der Waals surface area contributed by atoms with Crippen LogP contribution >= 0.6 is 0 Å². The lowest BCUT2D eigenvalue weighted by atomic mass is 9.86. The maximum absolute atomic E-state index is 11.9. The summed E-state index contributed by atoms with van der Waals surface area (Å²) < 4.78 is 12.0. The molecule has 1 aliphatic carbocycles. The minimum Gasteiger partial charge on any atom is -0.493 e. The minimum absolute atomic E-state index is 0.109. The number of carbonyl (C=O) groups is 1. The van der Waals surface area contributed by atoms with Gasteiger partial charge in [-0.3, -0.25) is 4.98 Å². The Labute approximate surface area is 201 Å². The number of urea groups is 1. The zero-order chi connectivity index (χ0) is 23.8. The van der Waals surface area contributed by atoms with Gasteiger partial charge in [0.1, 0.15) is 0 Å². The number of pyridine rings is 1. The molecule has 0 unspecified atom stereocenters. The van der Waals surface area contributed by atoms with Crippen molar-refractivity contribution in [3.8, 4) is 11.5 Å². The zero-order valence-corrected chi connectivity index (χ0v) is 19.9. The fourth-order valence-electron chi connectivity index (χ4n) is 4.51. The second kappa shape index (κ2) is 11.5. The lowest BCUT2D eigenvalue weighted by Gasteiger charge is -2.22. The van der Waals surface area contributed by atoms with Crippen LogP contribution in [0.25, 0.3) is 0 Å². The number of carbonyl (C=O) groups excluding carboxylic acids is 1. The second-order valence-corrected chi connectivity index (χ2v) is 8.65. The van der Waals surface area contributed by atoms with Gasteiger partial charge in [-0.05, 0) is 92.1 Å². The van der Waals surface area contributed by atoms with Crippen LogP contribution in [0.5, 0.6) is 11.5 Å². The van der Waals surface area contributed by atoms with Crippen LogP contribution in [0, 0.1) is 0 Å². The van der Waals surface area contributed by atoms with Gasteiger partial charge in [0.15, 0.2) is 11.5 Å². The Balaban J connectivity index is 1.64. The number of methoxy groups -OCH3 is 1. The van der Waals surface area contributed by atoms with E-state index >= 15 is 0 Å². The molecule has 0 bridgehead atoms. The van der Waals surface area contributed by atoms with Gasteiger partial charge in [-0.1, -0.05) is 18.2 Å². The van der Waals surface area contributed by atoms with Crippen molar-refractivity contribution < 1.29 is 14.3 Å². The molecule has 0 radical (unpaired) electrons. The topological polar surface area (TPSA) is 72.5 Å². The van der Waals surface area contributed by atoms with E-state index < -0.39 is 0 Å². The van der Waals surface area contributed by atoms with Gasteiger partial charge in [0.2, 0.25) is 0 Å². The van der Waals surface area contributed by atoms with Crippen molar-refractivity contribution in [2.45, 2.75) is 51.0 Å². The van der Waals surface area contributed by atoms with Crippen LogP contribution in [0.3, 0.4) is 0 Å². The number of aromatic nitrogens is 1. The Morgan fingerprint density at radius 2 is 1.71 bits per heavy atom. The van der Waals surface area contributed by atoms with Crippen LogP contribution < -0.4 is 20.1 Å². The minimum atomic E-state index is -0.201. The Morgan fingerprint density at radius 3 is 2.38 bits per heavy atom. The predicted octanol–water partition coefficient (Wildman–Crippen LogP) is 5.93. The Bertz CT molecular complexity index is 1060. The normalized spacial score (nSPS) is 14.4. The number of hydrogen-bond donors (Lipinski definition) is 2. The monoisotopic (exact) mass is 459 g/mol. The molecule has 2 aromatic carbocycles. The highest BCUT2D eigenvalue weighted by Crippen LogP contribution is 2.37. The number of nitrogens with one attached hydrogen (secondary N) is 2. The number of rotatable bonds is 9.